The van der Waals surface area contributed by atoms with Gasteiger partial charge in [-0.2, -0.15) is 4.98 Å². The second-order valence-electron chi connectivity index (χ2n) is 1.38. The van der Waals surface area contributed by atoms with E-state index in [4.69, 9.17) is 5.11 Å². The molecule has 52 valence electrons. The first-order valence-electron chi connectivity index (χ1n) is 2.28. The van der Waals surface area contributed by atoms with Crippen molar-refractivity contribution < 1.29 is 9.90 Å². The number of carbonyl (C=O) groups is 1. The lowest BCUT2D eigenvalue weighted by Gasteiger charge is -1.89. The summed E-state index contributed by atoms with van der Waals surface area (Å²) in [7, 11) is 0. The van der Waals surface area contributed by atoms with Crippen LogP contribution in [0.15, 0.2) is 11.1 Å². The van der Waals surface area contributed by atoms with Gasteiger partial charge in [0.15, 0.2) is 4.73 Å². The number of nitrogens with zero attached hydrogens (tertiary/aromatic N) is 3. The van der Waals surface area contributed by atoms with Crippen LogP contribution in [0.4, 0.5) is 0 Å². The number of carboxylic acid groups (broad SMARTS) is 1. The topological polar surface area (TPSA) is 76.0 Å². The predicted octanol–water partition coefficient (Wildman–Crippen LogP) is 0.332. The van der Waals surface area contributed by atoms with Gasteiger partial charge in [-0.05, 0) is 15.9 Å². The van der Waals surface area contributed by atoms with E-state index >= 15 is 0 Å². The zero-order chi connectivity index (χ0) is 7.56. The minimum atomic E-state index is -1.16. The lowest BCUT2D eigenvalue weighted by Crippen LogP contribution is -2.04. The molecule has 0 saturated carbocycles. The Labute approximate surface area is 64.3 Å². The van der Waals surface area contributed by atoms with Gasteiger partial charge in [-0.3, -0.25) is 0 Å². The molecule has 1 N–H and O–H groups in total. The van der Waals surface area contributed by atoms with Crippen LogP contribution in [0, 0.1) is 0 Å². The van der Waals surface area contributed by atoms with Gasteiger partial charge in [0.2, 0.25) is 5.82 Å². The summed E-state index contributed by atoms with van der Waals surface area (Å²) in [6.07, 6.45) is 1.13. The molecule has 0 unspecified atom stereocenters. The molecule has 5 nitrogen and oxygen atoms in total. The monoisotopic (exact) mass is 203 g/mol. The number of hydrogen-bond donors (Lipinski definition) is 1. The quantitative estimate of drug-likeness (QED) is 0.713. The first kappa shape index (κ1) is 7.07. The van der Waals surface area contributed by atoms with Crippen LogP contribution in [0.1, 0.15) is 10.6 Å². The normalized spacial score (nSPS) is 9.30. The highest BCUT2D eigenvalue weighted by Gasteiger charge is 2.05. The van der Waals surface area contributed by atoms with Gasteiger partial charge >= 0.3 is 5.97 Å². The summed E-state index contributed by atoms with van der Waals surface area (Å²) in [4.78, 5) is 20.6. The van der Waals surface area contributed by atoms with E-state index in [1.807, 2.05) is 0 Å². The van der Waals surface area contributed by atoms with Gasteiger partial charge in [-0.25, -0.2) is 14.8 Å². The van der Waals surface area contributed by atoms with Crippen molar-refractivity contribution in [2.75, 3.05) is 0 Å². The molecule has 0 saturated heterocycles. The van der Waals surface area contributed by atoms with Gasteiger partial charge in [0, 0.05) is 0 Å². The molecule has 1 aromatic rings. The van der Waals surface area contributed by atoms with Crippen molar-refractivity contribution in [2.45, 2.75) is 0 Å². The molecule has 0 aliphatic rings. The summed E-state index contributed by atoms with van der Waals surface area (Å²) < 4.78 is 0.222. The molecule has 0 aliphatic carbocycles. The van der Waals surface area contributed by atoms with Crippen molar-refractivity contribution in [3.05, 3.63) is 16.9 Å². The second-order valence-corrected chi connectivity index (χ2v) is 2.09. The zero-order valence-electron chi connectivity index (χ0n) is 4.65. The molecule has 0 bridgehead atoms. The zero-order valence-corrected chi connectivity index (χ0v) is 6.24. The summed E-state index contributed by atoms with van der Waals surface area (Å²) in [6, 6.07) is 0. The highest BCUT2D eigenvalue weighted by molar-refractivity contribution is 9.10. The fourth-order valence-corrected chi connectivity index (χ4v) is 0.639. The molecule has 1 heterocycles. The van der Waals surface area contributed by atoms with Crippen LogP contribution in [0.2, 0.25) is 0 Å². The SMILES string of the molecule is O=C(O)c1ncnc(Br)n1. The molecule has 0 fully saturated rings. The van der Waals surface area contributed by atoms with Gasteiger partial charge < -0.3 is 5.11 Å². The molecule has 0 spiro atoms. The van der Waals surface area contributed by atoms with Gasteiger partial charge in [0.1, 0.15) is 6.33 Å². The second kappa shape index (κ2) is 2.70. The third-order valence-corrected chi connectivity index (χ3v) is 1.12. The average molecular weight is 204 g/mol. The van der Waals surface area contributed by atoms with Crippen LogP contribution in [0.25, 0.3) is 0 Å². The summed E-state index contributed by atoms with van der Waals surface area (Å²) >= 11 is 2.90. The number of rotatable bonds is 1. The maximum Gasteiger partial charge on any atom is 0.374 e. The molecular formula is C4H2BrN3O2. The predicted molar refractivity (Wildman–Crippen MR) is 34.5 cm³/mol. The van der Waals surface area contributed by atoms with Crippen LogP contribution in [-0.4, -0.2) is 26.0 Å². The van der Waals surface area contributed by atoms with E-state index in [-0.39, 0.29) is 10.6 Å². The maximum atomic E-state index is 10.2. The Balaban J connectivity index is 3.07. The van der Waals surface area contributed by atoms with Crippen molar-refractivity contribution in [3.63, 3.8) is 0 Å². The van der Waals surface area contributed by atoms with Crippen LogP contribution < -0.4 is 0 Å². The Morgan fingerprint density at radius 2 is 2.30 bits per heavy atom. The van der Waals surface area contributed by atoms with Crippen molar-refractivity contribution >= 4 is 21.9 Å². The first-order valence-corrected chi connectivity index (χ1v) is 3.07. The van der Waals surface area contributed by atoms with Crippen molar-refractivity contribution in [3.8, 4) is 0 Å². The molecule has 0 atom stereocenters. The minimum Gasteiger partial charge on any atom is -0.475 e. The molecule has 0 aliphatic heterocycles. The Hall–Kier alpha value is -1.04. The number of carboxylic acids is 1. The number of hydrogen-bond acceptors (Lipinski definition) is 4. The molecule has 0 aromatic carbocycles. The van der Waals surface area contributed by atoms with Gasteiger partial charge in [-0.15, -0.1) is 0 Å². The average Bonchev–Trinajstić information content (AvgIpc) is 1.88. The largest absolute Gasteiger partial charge is 0.475 e. The number of aromatic nitrogens is 3. The van der Waals surface area contributed by atoms with E-state index in [0.717, 1.165) is 6.33 Å². The molecule has 6 heteroatoms. The van der Waals surface area contributed by atoms with E-state index in [0.29, 0.717) is 0 Å². The van der Waals surface area contributed by atoms with Gasteiger partial charge in [0.25, 0.3) is 0 Å². The fourth-order valence-electron chi connectivity index (χ4n) is 0.379. The summed E-state index contributed by atoms with van der Waals surface area (Å²) in [5.74, 6) is -1.43. The Bertz CT molecular complexity index is 264. The van der Waals surface area contributed by atoms with E-state index < -0.39 is 5.97 Å². The van der Waals surface area contributed by atoms with Crippen molar-refractivity contribution in [2.24, 2.45) is 0 Å². The Morgan fingerprint density at radius 3 is 2.70 bits per heavy atom. The Kier molecular flexibility index (Phi) is 1.91. The lowest BCUT2D eigenvalue weighted by atomic mass is 10.6. The number of aromatic carboxylic acids is 1. The van der Waals surface area contributed by atoms with Gasteiger partial charge in [0.05, 0.1) is 0 Å². The summed E-state index contributed by atoms with van der Waals surface area (Å²) in [5.41, 5.74) is 0. The van der Waals surface area contributed by atoms with Crippen LogP contribution in [0.5, 0.6) is 0 Å². The lowest BCUT2D eigenvalue weighted by molar-refractivity contribution is 0.0682. The van der Waals surface area contributed by atoms with Gasteiger partial charge in [-0.1, -0.05) is 0 Å². The van der Waals surface area contributed by atoms with Crippen LogP contribution in [0.3, 0.4) is 0 Å². The van der Waals surface area contributed by atoms with Crippen LogP contribution in [-0.2, 0) is 0 Å². The minimum absolute atomic E-state index is 0.222. The fraction of sp³-hybridized carbons (Fsp3) is 0. The first-order chi connectivity index (χ1) is 4.70. The maximum absolute atomic E-state index is 10.2. The number of halogens is 1. The Morgan fingerprint density at radius 1 is 1.60 bits per heavy atom. The van der Waals surface area contributed by atoms with E-state index in [1.165, 1.54) is 0 Å². The summed E-state index contributed by atoms with van der Waals surface area (Å²) in [5, 5.41) is 8.34. The van der Waals surface area contributed by atoms with E-state index in [9.17, 15) is 4.79 Å². The van der Waals surface area contributed by atoms with Crippen molar-refractivity contribution in [1.29, 1.82) is 0 Å². The third-order valence-electron chi connectivity index (χ3n) is 0.734. The molecule has 0 amide bonds. The molecule has 10 heavy (non-hydrogen) atoms. The highest BCUT2D eigenvalue weighted by Crippen LogP contribution is 1.98. The van der Waals surface area contributed by atoms with Crippen LogP contribution >= 0.6 is 15.9 Å². The van der Waals surface area contributed by atoms with Crippen molar-refractivity contribution in [1.82, 2.24) is 15.0 Å². The van der Waals surface area contributed by atoms with E-state index in [2.05, 4.69) is 30.9 Å². The smallest absolute Gasteiger partial charge is 0.374 e. The third kappa shape index (κ3) is 1.47. The molecule has 1 rings (SSSR count). The highest BCUT2D eigenvalue weighted by atomic mass is 79.9. The molecular weight excluding hydrogens is 202 g/mol. The molecule has 0 radical (unpaired) electrons. The standard InChI is InChI=1S/C4H2BrN3O2/c5-4-7-1-6-2(8-4)3(9)10/h1H,(H,9,10). The summed E-state index contributed by atoms with van der Waals surface area (Å²) in [6.45, 7) is 0. The van der Waals surface area contributed by atoms with E-state index in [1.54, 1.807) is 0 Å². The molecule has 1 aromatic heterocycles.